The van der Waals surface area contributed by atoms with Crippen LogP contribution in [0.4, 0.5) is 13.2 Å². The second kappa shape index (κ2) is 8.58. The number of hydrogen-bond acceptors (Lipinski definition) is 8. The van der Waals surface area contributed by atoms with E-state index < -0.39 is 17.8 Å². The number of nitrogens with two attached hydrogens (primary N) is 1. The SMILES string of the molecule is [B]c1cc(CNC(=O)c2nc(-c3ccc(OC)c4nc(C(F)(F)F)ccc34)oc2CN)on1. The molecule has 3 N–H and O–H groups in total. The molecule has 0 saturated heterocycles. The number of methoxy groups -OCH3 is 1. The second-order valence-electron chi connectivity index (χ2n) is 6.80. The summed E-state index contributed by atoms with van der Waals surface area (Å²) in [5.41, 5.74) is 4.98. The fraction of sp³-hybridized carbons (Fsp3) is 0.200. The Morgan fingerprint density at radius 1 is 1.24 bits per heavy atom. The zero-order chi connectivity index (χ0) is 23.8. The molecule has 9 nitrogen and oxygen atoms in total. The molecule has 33 heavy (non-hydrogen) atoms. The van der Waals surface area contributed by atoms with Crippen LogP contribution in [-0.2, 0) is 19.3 Å². The smallest absolute Gasteiger partial charge is 0.433 e. The number of aromatic nitrogens is 3. The van der Waals surface area contributed by atoms with Crippen molar-refractivity contribution in [2.45, 2.75) is 19.3 Å². The minimum absolute atomic E-state index is 0.00908. The minimum atomic E-state index is -4.63. The van der Waals surface area contributed by atoms with Crippen molar-refractivity contribution >= 4 is 30.2 Å². The molecule has 0 aliphatic heterocycles. The van der Waals surface area contributed by atoms with E-state index in [0.29, 0.717) is 11.3 Å². The molecule has 1 amide bonds. The van der Waals surface area contributed by atoms with E-state index in [9.17, 15) is 18.0 Å². The van der Waals surface area contributed by atoms with Crippen LogP contribution in [0.25, 0.3) is 22.4 Å². The molecule has 0 bridgehead atoms. The number of nitrogens with zero attached hydrogens (tertiary/aromatic N) is 3. The number of carbonyl (C=O) groups excluding carboxylic acids is 1. The number of ether oxygens (including phenoxy) is 1. The van der Waals surface area contributed by atoms with Gasteiger partial charge in [-0.15, -0.1) is 0 Å². The number of amides is 1. The van der Waals surface area contributed by atoms with Crippen LogP contribution in [0.1, 0.15) is 27.7 Å². The molecule has 0 aliphatic carbocycles. The maximum atomic E-state index is 13.2. The van der Waals surface area contributed by atoms with Crippen LogP contribution in [0, 0.1) is 0 Å². The standard InChI is InChI=1S/C20H15BF3N5O4/c1-31-12-4-2-11(10-3-5-14(20(22,23)24)27-16(10)12)19-28-17(13(7-25)32-19)18(30)26-8-9-6-15(21)29-33-9/h2-6H,7-8,25H2,1H3,(H,26,30). The lowest BCUT2D eigenvalue weighted by atomic mass is 10.1. The highest BCUT2D eigenvalue weighted by atomic mass is 19.4. The molecule has 168 valence electrons. The largest absolute Gasteiger partial charge is 0.494 e. The first kappa shape index (κ1) is 22.3. The first-order valence-electron chi connectivity index (χ1n) is 9.45. The Morgan fingerprint density at radius 3 is 2.67 bits per heavy atom. The summed E-state index contributed by atoms with van der Waals surface area (Å²) in [6, 6.07) is 6.51. The van der Waals surface area contributed by atoms with Crippen LogP contribution in [-0.4, -0.2) is 36.0 Å². The van der Waals surface area contributed by atoms with Gasteiger partial charge in [-0.2, -0.15) is 13.2 Å². The minimum Gasteiger partial charge on any atom is -0.494 e. The van der Waals surface area contributed by atoms with Crippen LogP contribution in [0.2, 0.25) is 0 Å². The van der Waals surface area contributed by atoms with Gasteiger partial charge in [-0.3, -0.25) is 4.79 Å². The van der Waals surface area contributed by atoms with Crippen LogP contribution >= 0.6 is 0 Å². The molecular weight excluding hydrogens is 442 g/mol. The number of nitrogens with one attached hydrogen (secondary N) is 1. The van der Waals surface area contributed by atoms with E-state index >= 15 is 0 Å². The third kappa shape index (κ3) is 4.39. The third-order valence-corrected chi connectivity index (χ3v) is 4.66. The van der Waals surface area contributed by atoms with Gasteiger partial charge in [-0.25, -0.2) is 9.97 Å². The van der Waals surface area contributed by atoms with Crippen LogP contribution in [0.5, 0.6) is 5.75 Å². The summed E-state index contributed by atoms with van der Waals surface area (Å²) in [4.78, 5) is 20.6. The molecule has 0 atom stereocenters. The topological polar surface area (TPSA) is 129 Å². The van der Waals surface area contributed by atoms with Gasteiger partial charge in [0.15, 0.2) is 17.2 Å². The lowest BCUT2D eigenvalue weighted by Crippen LogP contribution is -2.24. The Kier molecular flexibility index (Phi) is 5.81. The summed E-state index contributed by atoms with van der Waals surface area (Å²) in [5.74, 6) is -0.0702. The van der Waals surface area contributed by atoms with E-state index in [1.807, 2.05) is 0 Å². The molecule has 13 heteroatoms. The fourth-order valence-corrected chi connectivity index (χ4v) is 3.15. The lowest BCUT2D eigenvalue weighted by molar-refractivity contribution is -0.140. The monoisotopic (exact) mass is 457 g/mol. The van der Waals surface area contributed by atoms with Crippen molar-refractivity contribution < 1.29 is 31.6 Å². The fourth-order valence-electron chi connectivity index (χ4n) is 3.15. The van der Waals surface area contributed by atoms with E-state index in [1.54, 1.807) is 6.07 Å². The van der Waals surface area contributed by atoms with Crippen LogP contribution in [0.15, 0.2) is 39.3 Å². The first-order valence-corrected chi connectivity index (χ1v) is 9.45. The predicted octanol–water partition coefficient (Wildman–Crippen LogP) is 2.09. The number of rotatable bonds is 6. The molecule has 4 rings (SSSR count). The van der Waals surface area contributed by atoms with E-state index in [-0.39, 0.29) is 52.7 Å². The summed E-state index contributed by atoms with van der Waals surface area (Å²) in [6.07, 6.45) is -4.63. The third-order valence-electron chi connectivity index (χ3n) is 4.66. The number of hydrogen-bond donors (Lipinski definition) is 2. The molecule has 1 aromatic carbocycles. The van der Waals surface area contributed by atoms with Gasteiger partial charge in [0.1, 0.15) is 24.8 Å². The molecule has 0 spiro atoms. The van der Waals surface area contributed by atoms with Crippen molar-refractivity contribution in [3.8, 4) is 17.2 Å². The molecule has 0 fully saturated rings. The van der Waals surface area contributed by atoms with E-state index in [4.69, 9.17) is 27.3 Å². The summed E-state index contributed by atoms with van der Waals surface area (Å²) in [6.45, 7) is -0.152. The van der Waals surface area contributed by atoms with Crippen molar-refractivity contribution in [3.63, 3.8) is 0 Å². The highest BCUT2D eigenvalue weighted by Gasteiger charge is 2.33. The van der Waals surface area contributed by atoms with Crippen molar-refractivity contribution in [3.05, 3.63) is 53.2 Å². The van der Waals surface area contributed by atoms with Gasteiger partial charge >= 0.3 is 6.18 Å². The zero-order valence-electron chi connectivity index (χ0n) is 17.1. The van der Waals surface area contributed by atoms with Gasteiger partial charge in [0, 0.05) is 16.5 Å². The Balaban J connectivity index is 1.72. The zero-order valence-corrected chi connectivity index (χ0v) is 17.1. The number of oxazole rings is 1. The first-order chi connectivity index (χ1) is 15.7. The van der Waals surface area contributed by atoms with Crippen LogP contribution in [0.3, 0.4) is 0 Å². The Bertz CT molecular complexity index is 1340. The predicted molar refractivity (Wildman–Crippen MR) is 110 cm³/mol. The summed E-state index contributed by atoms with van der Waals surface area (Å²) >= 11 is 0. The van der Waals surface area contributed by atoms with Crippen LogP contribution < -0.4 is 21.4 Å². The average molecular weight is 457 g/mol. The second-order valence-corrected chi connectivity index (χ2v) is 6.80. The molecule has 0 saturated carbocycles. The van der Waals surface area contributed by atoms with Gasteiger partial charge < -0.3 is 24.7 Å². The van der Waals surface area contributed by atoms with Crippen molar-refractivity contribution in [2.75, 3.05) is 7.11 Å². The number of alkyl halides is 3. The van der Waals surface area contributed by atoms with E-state index in [2.05, 4.69) is 20.4 Å². The molecule has 0 unspecified atom stereocenters. The molecule has 2 radical (unpaired) electrons. The average Bonchev–Trinajstić information content (AvgIpc) is 3.41. The maximum absolute atomic E-state index is 13.2. The summed E-state index contributed by atoms with van der Waals surface area (Å²) < 4.78 is 55.2. The van der Waals surface area contributed by atoms with E-state index in [1.165, 1.54) is 25.3 Å². The highest BCUT2D eigenvalue weighted by molar-refractivity contribution is 6.30. The normalized spacial score (nSPS) is 11.7. The Morgan fingerprint density at radius 2 is 2.03 bits per heavy atom. The molecule has 3 heterocycles. The molecule has 0 aliphatic rings. The Labute approximate surface area is 185 Å². The molecule has 4 aromatic rings. The van der Waals surface area contributed by atoms with Crippen molar-refractivity contribution in [1.82, 2.24) is 20.4 Å². The summed E-state index contributed by atoms with van der Waals surface area (Å²) in [7, 11) is 6.79. The number of carbonyl (C=O) groups is 1. The van der Waals surface area contributed by atoms with Gasteiger partial charge in [0.25, 0.3) is 5.91 Å². The Hall–Kier alpha value is -3.87. The summed E-state index contributed by atoms with van der Waals surface area (Å²) in [5, 5.41) is 6.39. The van der Waals surface area contributed by atoms with Crippen molar-refractivity contribution in [1.29, 1.82) is 0 Å². The maximum Gasteiger partial charge on any atom is 0.433 e. The number of pyridine rings is 1. The van der Waals surface area contributed by atoms with Gasteiger partial charge in [-0.05, 0) is 30.3 Å². The van der Waals surface area contributed by atoms with Gasteiger partial charge in [0.05, 0.1) is 20.2 Å². The van der Waals surface area contributed by atoms with Gasteiger partial charge in [0.2, 0.25) is 5.89 Å². The molecule has 3 aromatic heterocycles. The number of benzene rings is 1. The highest BCUT2D eigenvalue weighted by Crippen LogP contribution is 2.36. The molecular formula is C20H15BF3N5O4. The number of halogens is 3. The number of fused-ring (bicyclic) bond motifs is 1. The lowest BCUT2D eigenvalue weighted by Gasteiger charge is -2.11. The quantitative estimate of drug-likeness (QED) is 0.421. The van der Waals surface area contributed by atoms with Crippen molar-refractivity contribution in [2.24, 2.45) is 5.73 Å². The van der Waals surface area contributed by atoms with E-state index in [0.717, 1.165) is 6.07 Å². The van der Waals surface area contributed by atoms with Gasteiger partial charge in [-0.1, -0.05) is 5.16 Å².